The van der Waals surface area contributed by atoms with Gasteiger partial charge in [0.1, 0.15) is 0 Å². The molecular weight excluding hydrogens is 220 g/mol. The fraction of sp³-hybridized carbons (Fsp3) is 1.00. The Morgan fingerprint density at radius 3 is 2.22 bits per heavy atom. The fourth-order valence-electron chi connectivity index (χ4n) is 2.87. The van der Waals surface area contributed by atoms with Crippen molar-refractivity contribution < 1.29 is 0 Å². The van der Waals surface area contributed by atoms with Crippen LogP contribution in [0.15, 0.2) is 0 Å². The Kier molecular flexibility index (Phi) is 6.13. The first-order chi connectivity index (χ1) is 8.29. The summed E-state index contributed by atoms with van der Waals surface area (Å²) in [4.78, 5) is 2.62. The molecule has 1 saturated carbocycles. The molecule has 1 rings (SSSR count). The smallest absolute Gasteiger partial charge is 0.00965 e. The first kappa shape index (κ1) is 16.0. The number of hydrogen-bond acceptors (Lipinski definition) is 2. The van der Waals surface area contributed by atoms with Crippen LogP contribution in [0.1, 0.15) is 66.7 Å². The van der Waals surface area contributed by atoms with Gasteiger partial charge in [-0.3, -0.25) is 0 Å². The molecule has 0 heterocycles. The van der Waals surface area contributed by atoms with Crippen LogP contribution in [0.5, 0.6) is 0 Å². The van der Waals surface area contributed by atoms with Crippen molar-refractivity contribution in [3.05, 3.63) is 0 Å². The van der Waals surface area contributed by atoms with Crippen molar-refractivity contribution in [3.63, 3.8) is 0 Å². The van der Waals surface area contributed by atoms with Gasteiger partial charge in [0.25, 0.3) is 0 Å². The summed E-state index contributed by atoms with van der Waals surface area (Å²) in [6, 6.07) is 1.52. The maximum Gasteiger partial charge on any atom is 0.00965 e. The molecular formula is C16H34N2. The van der Waals surface area contributed by atoms with Crippen LogP contribution in [0.25, 0.3) is 0 Å². The molecule has 0 amide bonds. The Balaban J connectivity index is 2.26. The summed E-state index contributed by atoms with van der Waals surface area (Å²) in [5.74, 6) is 0.951. The Morgan fingerprint density at radius 1 is 1.17 bits per heavy atom. The van der Waals surface area contributed by atoms with Gasteiger partial charge in [0, 0.05) is 17.6 Å². The number of nitrogens with one attached hydrogen (secondary N) is 1. The van der Waals surface area contributed by atoms with Gasteiger partial charge in [0.2, 0.25) is 0 Å². The van der Waals surface area contributed by atoms with E-state index in [4.69, 9.17) is 0 Å². The van der Waals surface area contributed by atoms with Crippen molar-refractivity contribution in [2.75, 3.05) is 13.6 Å². The largest absolute Gasteiger partial charge is 0.312 e. The Morgan fingerprint density at radius 2 is 1.72 bits per heavy atom. The van der Waals surface area contributed by atoms with E-state index in [1.807, 2.05) is 0 Å². The lowest BCUT2D eigenvalue weighted by Crippen LogP contribution is -2.43. The van der Waals surface area contributed by atoms with E-state index in [9.17, 15) is 0 Å². The summed E-state index contributed by atoms with van der Waals surface area (Å²) in [6.45, 7) is 12.6. The third kappa shape index (κ3) is 5.71. The minimum absolute atomic E-state index is 0.249. The molecule has 0 aromatic rings. The van der Waals surface area contributed by atoms with Crippen LogP contribution in [-0.4, -0.2) is 36.1 Å². The molecule has 18 heavy (non-hydrogen) atoms. The van der Waals surface area contributed by atoms with Gasteiger partial charge in [-0.05, 0) is 79.3 Å². The molecule has 108 valence electrons. The number of rotatable bonds is 5. The van der Waals surface area contributed by atoms with Gasteiger partial charge in [0.05, 0.1) is 0 Å². The monoisotopic (exact) mass is 254 g/mol. The molecule has 1 N–H and O–H groups in total. The second kappa shape index (κ2) is 6.91. The van der Waals surface area contributed by atoms with Crippen molar-refractivity contribution in [1.82, 2.24) is 10.2 Å². The lowest BCUT2D eigenvalue weighted by Gasteiger charge is -2.37. The molecule has 0 radical (unpaired) electrons. The maximum atomic E-state index is 3.59. The minimum atomic E-state index is 0.249. The molecule has 1 aliphatic rings. The molecule has 2 nitrogen and oxygen atoms in total. The van der Waals surface area contributed by atoms with Gasteiger partial charge in [-0.25, -0.2) is 0 Å². The van der Waals surface area contributed by atoms with Crippen molar-refractivity contribution in [2.24, 2.45) is 5.92 Å². The second-order valence-electron chi connectivity index (χ2n) is 7.39. The van der Waals surface area contributed by atoms with Gasteiger partial charge in [-0.2, -0.15) is 0 Å². The summed E-state index contributed by atoms with van der Waals surface area (Å²) in [6.07, 6.45) is 6.88. The lowest BCUT2D eigenvalue weighted by molar-refractivity contribution is 0.125. The van der Waals surface area contributed by atoms with Crippen LogP contribution in [-0.2, 0) is 0 Å². The van der Waals surface area contributed by atoms with E-state index in [1.165, 1.54) is 32.1 Å². The molecule has 0 bridgehead atoms. The molecule has 1 aliphatic carbocycles. The normalized spacial score (nSPS) is 27.5. The summed E-state index contributed by atoms with van der Waals surface area (Å²) in [7, 11) is 2.32. The zero-order valence-electron chi connectivity index (χ0n) is 13.4. The van der Waals surface area contributed by atoms with Gasteiger partial charge in [0.15, 0.2) is 0 Å². The highest BCUT2D eigenvalue weighted by molar-refractivity contribution is 4.80. The lowest BCUT2D eigenvalue weighted by atomic mass is 9.86. The van der Waals surface area contributed by atoms with E-state index in [0.29, 0.717) is 6.04 Å². The van der Waals surface area contributed by atoms with E-state index in [2.05, 4.69) is 51.9 Å². The highest BCUT2D eigenvalue weighted by atomic mass is 15.2. The van der Waals surface area contributed by atoms with Crippen LogP contribution in [0.2, 0.25) is 0 Å². The number of nitrogens with zero attached hydrogens (tertiary/aromatic N) is 1. The van der Waals surface area contributed by atoms with Crippen molar-refractivity contribution in [1.29, 1.82) is 0 Å². The first-order valence-electron chi connectivity index (χ1n) is 7.76. The minimum Gasteiger partial charge on any atom is -0.312 e. The quantitative estimate of drug-likeness (QED) is 0.805. The fourth-order valence-corrected chi connectivity index (χ4v) is 2.87. The molecule has 2 heteroatoms. The highest BCUT2D eigenvalue weighted by Gasteiger charge is 2.24. The Labute approximate surface area is 115 Å². The molecule has 0 aromatic heterocycles. The highest BCUT2D eigenvalue weighted by Crippen LogP contribution is 2.27. The van der Waals surface area contributed by atoms with Gasteiger partial charge >= 0.3 is 0 Å². The average Bonchev–Trinajstić information content (AvgIpc) is 2.27. The predicted octanol–water partition coefficient (Wildman–Crippen LogP) is 3.66. The SMILES string of the molecule is CC1CCC(N(C)C(C)CCNC(C)(C)C)CC1. The van der Waals surface area contributed by atoms with Crippen LogP contribution >= 0.6 is 0 Å². The van der Waals surface area contributed by atoms with Crippen LogP contribution in [0.3, 0.4) is 0 Å². The molecule has 1 fully saturated rings. The van der Waals surface area contributed by atoms with Crippen LogP contribution in [0.4, 0.5) is 0 Å². The van der Waals surface area contributed by atoms with Gasteiger partial charge < -0.3 is 10.2 Å². The second-order valence-corrected chi connectivity index (χ2v) is 7.39. The van der Waals surface area contributed by atoms with E-state index >= 15 is 0 Å². The van der Waals surface area contributed by atoms with E-state index in [1.54, 1.807) is 0 Å². The summed E-state index contributed by atoms with van der Waals surface area (Å²) in [5.41, 5.74) is 0.249. The van der Waals surface area contributed by atoms with Crippen molar-refractivity contribution in [3.8, 4) is 0 Å². The van der Waals surface area contributed by atoms with E-state index in [-0.39, 0.29) is 5.54 Å². The topological polar surface area (TPSA) is 15.3 Å². The summed E-state index contributed by atoms with van der Waals surface area (Å²) >= 11 is 0. The molecule has 0 aromatic carbocycles. The first-order valence-corrected chi connectivity index (χ1v) is 7.76. The van der Waals surface area contributed by atoms with Crippen molar-refractivity contribution in [2.45, 2.75) is 84.3 Å². The zero-order chi connectivity index (χ0) is 13.8. The zero-order valence-corrected chi connectivity index (χ0v) is 13.4. The summed E-state index contributed by atoms with van der Waals surface area (Å²) < 4.78 is 0. The standard InChI is InChI=1S/C16H34N2/c1-13-7-9-15(10-8-13)18(6)14(2)11-12-17-16(3,4)5/h13-15,17H,7-12H2,1-6H3. The third-order valence-corrected chi connectivity index (χ3v) is 4.47. The Bertz CT molecular complexity index is 224. The van der Waals surface area contributed by atoms with Gasteiger partial charge in [-0.15, -0.1) is 0 Å². The van der Waals surface area contributed by atoms with Gasteiger partial charge in [-0.1, -0.05) is 6.92 Å². The Hall–Kier alpha value is -0.0800. The molecule has 0 saturated heterocycles. The number of hydrogen-bond donors (Lipinski definition) is 1. The third-order valence-electron chi connectivity index (χ3n) is 4.47. The predicted molar refractivity (Wildman–Crippen MR) is 81.0 cm³/mol. The van der Waals surface area contributed by atoms with E-state index in [0.717, 1.165) is 18.5 Å². The molecule has 0 spiro atoms. The average molecular weight is 254 g/mol. The van der Waals surface area contributed by atoms with Crippen molar-refractivity contribution >= 4 is 0 Å². The molecule has 1 unspecified atom stereocenters. The van der Waals surface area contributed by atoms with Crippen LogP contribution in [0, 0.1) is 5.92 Å². The van der Waals surface area contributed by atoms with E-state index < -0.39 is 0 Å². The maximum absolute atomic E-state index is 3.59. The molecule has 1 atom stereocenters. The van der Waals surface area contributed by atoms with Crippen LogP contribution < -0.4 is 5.32 Å². The molecule has 0 aliphatic heterocycles. The summed E-state index contributed by atoms with van der Waals surface area (Å²) in [5, 5.41) is 3.59.